The molecule has 0 radical (unpaired) electrons. The van der Waals surface area contributed by atoms with E-state index < -0.39 is 0 Å². The number of hydrogen-bond acceptors (Lipinski definition) is 2. The molecular weight excluding hydrogens is 234 g/mol. The largest absolute Gasteiger partial charge is 0.497 e. The highest BCUT2D eigenvalue weighted by molar-refractivity contribution is 5.28. The van der Waals surface area contributed by atoms with Crippen LogP contribution in [0.4, 0.5) is 0 Å². The Morgan fingerprint density at radius 3 is 2.42 bits per heavy atom. The van der Waals surface area contributed by atoms with Gasteiger partial charge in [0.2, 0.25) is 0 Å². The van der Waals surface area contributed by atoms with Gasteiger partial charge < -0.3 is 10.1 Å². The van der Waals surface area contributed by atoms with Gasteiger partial charge >= 0.3 is 0 Å². The normalized spacial score (nSPS) is 15.1. The minimum atomic E-state index is 0.198. The Morgan fingerprint density at radius 2 is 1.84 bits per heavy atom. The monoisotopic (exact) mass is 263 g/mol. The summed E-state index contributed by atoms with van der Waals surface area (Å²) in [4.78, 5) is 0. The predicted molar refractivity (Wildman–Crippen MR) is 82.8 cm³/mol. The first-order valence-corrected chi connectivity index (χ1v) is 7.20. The Morgan fingerprint density at radius 1 is 1.16 bits per heavy atom. The van der Waals surface area contributed by atoms with E-state index in [1.54, 1.807) is 7.11 Å². The molecule has 0 aliphatic heterocycles. The summed E-state index contributed by atoms with van der Waals surface area (Å²) in [5, 5.41) is 3.59. The van der Waals surface area contributed by atoms with Crippen LogP contribution in [-0.4, -0.2) is 19.2 Å². The SMILES string of the molecule is COc1cccc(CC(C)C(C)CNC(C)(C)C)c1. The van der Waals surface area contributed by atoms with Crippen LogP contribution in [0.5, 0.6) is 5.75 Å². The molecule has 1 aromatic rings. The van der Waals surface area contributed by atoms with Crippen LogP contribution >= 0.6 is 0 Å². The second kappa shape index (κ2) is 6.95. The molecule has 2 nitrogen and oxygen atoms in total. The van der Waals surface area contributed by atoms with Crippen molar-refractivity contribution in [2.24, 2.45) is 11.8 Å². The van der Waals surface area contributed by atoms with Gasteiger partial charge in [0.05, 0.1) is 7.11 Å². The van der Waals surface area contributed by atoms with E-state index in [0.29, 0.717) is 11.8 Å². The summed E-state index contributed by atoms with van der Waals surface area (Å²) in [5.74, 6) is 2.26. The molecule has 0 spiro atoms. The average molecular weight is 263 g/mol. The fourth-order valence-corrected chi connectivity index (χ4v) is 2.04. The molecule has 0 amide bonds. The lowest BCUT2D eigenvalue weighted by atomic mass is 9.89. The first-order chi connectivity index (χ1) is 8.81. The summed E-state index contributed by atoms with van der Waals surface area (Å²) in [6, 6.07) is 8.39. The molecule has 2 unspecified atom stereocenters. The minimum Gasteiger partial charge on any atom is -0.497 e. The Bertz CT molecular complexity index is 381. The molecule has 19 heavy (non-hydrogen) atoms. The van der Waals surface area contributed by atoms with Crippen molar-refractivity contribution in [2.75, 3.05) is 13.7 Å². The molecule has 0 aliphatic rings. The quantitative estimate of drug-likeness (QED) is 0.840. The van der Waals surface area contributed by atoms with Crippen LogP contribution in [-0.2, 0) is 6.42 Å². The van der Waals surface area contributed by atoms with E-state index in [-0.39, 0.29) is 5.54 Å². The number of rotatable bonds is 6. The highest BCUT2D eigenvalue weighted by Crippen LogP contribution is 2.20. The van der Waals surface area contributed by atoms with Crippen molar-refractivity contribution in [3.63, 3.8) is 0 Å². The van der Waals surface area contributed by atoms with Gasteiger partial charge in [-0.1, -0.05) is 26.0 Å². The van der Waals surface area contributed by atoms with Crippen LogP contribution in [0.1, 0.15) is 40.2 Å². The topological polar surface area (TPSA) is 21.3 Å². The lowest BCUT2D eigenvalue weighted by Crippen LogP contribution is -2.40. The van der Waals surface area contributed by atoms with Crippen molar-refractivity contribution >= 4 is 0 Å². The Labute approximate surface area is 118 Å². The van der Waals surface area contributed by atoms with Crippen molar-refractivity contribution in [1.82, 2.24) is 5.32 Å². The van der Waals surface area contributed by atoms with Gasteiger partial charge in [0.25, 0.3) is 0 Å². The molecule has 2 heteroatoms. The van der Waals surface area contributed by atoms with Gasteiger partial charge in [-0.05, 0) is 63.3 Å². The van der Waals surface area contributed by atoms with Crippen LogP contribution in [0.15, 0.2) is 24.3 Å². The van der Waals surface area contributed by atoms with E-state index >= 15 is 0 Å². The molecule has 0 heterocycles. The van der Waals surface area contributed by atoms with Crippen LogP contribution in [0.3, 0.4) is 0 Å². The van der Waals surface area contributed by atoms with Gasteiger partial charge in [-0.15, -0.1) is 0 Å². The standard InChI is InChI=1S/C17H29NO/c1-13(14(2)12-18-17(3,4)5)10-15-8-7-9-16(11-15)19-6/h7-9,11,13-14,18H,10,12H2,1-6H3. The molecule has 0 saturated carbocycles. The summed E-state index contributed by atoms with van der Waals surface area (Å²) >= 11 is 0. The summed E-state index contributed by atoms with van der Waals surface area (Å²) < 4.78 is 5.28. The highest BCUT2D eigenvalue weighted by Gasteiger charge is 2.16. The molecule has 0 aliphatic carbocycles. The first-order valence-electron chi connectivity index (χ1n) is 7.20. The molecule has 1 rings (SSSR count). The van der Waals surface area contributed by atoms with Gasteiger partial charge in [0.15, 0.2) is 0 Å². The van der Waals surface area contributed by atoms with Crippen LogP contribution in [0, 0.1) is 11.8 Å². The lowest BCUT2D eigenvalue weighted by molar-refractivity contribution is 0.317. The van der Waals surface area contributed by atoms with E-state index in [9.17, 15) is 0 Å². The zero-order valence-electron chi connectivity index (χ0n) is 13.3. The molecule has 0 aromatic heterocycles. The fourth-order valence-electron chi connectivity index (χ4n) is 2.04. The molecule has 0 saturated heterocycles. The van der Waals surface area contributed by atoms with Crippen molar-refractivity contribution < 1.29 is 4.74 Å². The molecule has 108 valence electrons. The number of benzene rings is 1. The zero-order valence-corrected chi connectivity index (χ0v) is 13.3. The second-order valence-corrected chi connectivity index (χ2v) is 6.64. The van der Waals surface area contributed by atoms with Gasteiger partial charge in [-0.25, -0.2) is 0 Å². The Balaban J connectivity index is 2.51. The smallest absolute Gasteiger partial charge is 0.119 e. The third-order valence-electron chi connectivity index (χ3n) is 3.62. The summed E-state index contributed by atoms with van der Waals surface area (Å²) in [5.41, 5.74) is 1.55. The van der Waals surface area contributed by atoms with Crippen LogP contribution < -0.4 is 10.1 Å². The van der Waals surface area contributed by atoms with Crippen LogP contribution in [0.2, 0.25) is 0 Å². The third kappa shape index (κ3) is 6.11. The maximum atomic E-state index is 5.28. The Hall–Kier alpha value is -1.02. The number of nitrogens with one attached hydrogen (secondary N) is 1. The molecule has 0 bridgehead atoms. The van der Waals surface area contributed by atoms with Crippen molar-refractivity contribution in [1.29, 1.82) is 0 Å². The van der Waals surface area contributed by atoms with E-state index in [0.717, 1.165) is 18.7 Å². The van der Waals surface area contributed by atoms with E-state index in [4.69, 9.17) is 4.74 Å². The van der Waals surface area contributed by atoms with Crippen molar-refractivity contribution in [3.8, 4) is 5.75 Å². The summed E-state index contributed by atoms with van der Waals surface area (Å²) in [7, 11) is 1.72. The average Bonchev–Trinajstić information content (AvgIpc) is 2.35. The van der Waals surface area contributed by atoms with E-state index in [1.807, 2.05) is 6.07 Å². The summed E-state index contributed by atoms with van der Waals surface area (Å²) in [6.45, 7) is 12.4. The van der Waals surface area contributed by atoms with E-state index in [1.165, 1.54) is 5.56 Å². The van der Waals surface area contributed by atoms with Gasteiger partial charge in [-0.2, -0.15) is 0 Å². The Kier molecular flexibility index (Phi) is 5.86. The number of hydrogen-bond donors (Lipinski definition) is 1. The van der Waals surface area contributed by atoms with E-state index in [2.05, 4.69) is 58.1 Å². The molecular formula is C17H29NO. The number of methoxy groups -OCH3 is 1. The summed E-state index contributed by atoms with van der Waals surface area (Å²) in [6.07, 6.45) is 1.10. The lowest BCUT2D eigenvalue weighted by Gasteiger charge is -2.26. The van der Waals surface area contributed by atoms with Crippen molar-refractivity contribution in [3.05, 3.63) is 29.8 Å². The van der Waals surface area contributed by atoms with Gasteiger partial charge in [0.1, 0.15) is 5.75 Å². The second-order valence-electron chi connectivity index (χ2n) is 6.64. The van der Waals surface area contributed by atoms with Crippen LogP contribution in [0.25, 0.3) is 0 Å². The highest BCUT2D eigenvalue weighted by atomic mass is 16.5. The maximum Gasteiger partial charge on any atom is 0.119 e. The third-order valence-corrected chi connectivity index (χ3v) is 3.62. The van der Waals surface area contributed by atoms with Gasteiger partial charge in [-0.3, -0.25) is 0 Å². The first kappa shape index (κ1) is 16.0. The molecule has 1 N–H and O–H groups in total. The molecule has 0 fully saturated rings. The fraction of sp³-hybridized carbons (Fsp3) is 0.647. The zero-order chi connectivity index (χ0) is 14.5. The van der Waals surface area contributed by atoms with Gasteiger partial charge in [0, 0.05) is 5.54 Å². The predicted octanol–water partition coefficient (Wildman–Crippen LogP) is 3.90. The minimum absolute atomic E-state index is 0.198. The molecule has 2 atom stereocenters. The molecule has 1 aromatic carbocycles. The van der Waals surface area contributed by atoms with Crippen molar-refractivity contribution in [2.45, 2.75) is 46.6 Å². The number of ether oxygens (including phenoxy) is 1. The maximum absolute atomic E-state index is 5.28.